The van der Waals surface area contributed by atoms with Gasteiger partial charge in [0.2, 0.25) is 0 Å². The molecule has 0 saturated heterocycles. The number of esters is 1. The average Bonchev–Trinajstić information content (AvgIpc) is 2.68. The van der Waals surface area contributed by atoms with Gasteiger partial charge in [0.25, 0.3) is 0 Å². The Kier molecular flexibility index (Phi) is 5.99. The molecule has 3 rings (SSSR count). The fourth-order valence-corrected chi connectivity index (χ4v) is 2.93. The van der Waals surface area contributed by atoms with E-state index in [4.69, 9.17) is 9.47 Å². The summed E-state index contributed by atoms with van der Waals surface area (Å²) in [5.41, 5.74) is 1.60. The summed E-state index contributed by atoms with van der Waals surface area (Å²) in [6.45, 7) is 5.48. The molecule has 2 amide bonds. The summed E-state index contributed by atoms with van der Waals surface area (Å²) in [6, 6.07) is 15.7. The number of benzene rings is 2. The lowest BCUT2D eigenvalue weighted by atomic mass is 9.95. The monoisotopic (exact) mass is 380 g/mol. The zero-order valence-corrected chi connectivity index (χ0v) is 16.2. The largest absolute Gasteiger partial charge is 0.459 e. The summed E-state index contributed by atoms with van der Waals surface area (Å²) in [5.74, 6) is 0.875. The van der Waals surface area contributed by atoms with E-state index < -0.39 is 12.0 Å². The van der Waals surface area contributed by atoms with Crippen molar-refractivity contribution in [3.63, 3.8) is 0 Å². The van der Waals surface area contributed by atoms with Gasteiger partial charge in [-0.15, -0.1) is 0 Å². The number of allylic oxidation sites excluding steroid dienone is 1. The highest BCUT2D eigenvalue weighted by atomic mass is 16.5. The molecule has 6 heteroatoms. The third-order valence-electron chi connectivity index (χ3n) is 4.54. The van der Waals surface area contributed by atoms with Gasteiger partial charge in [-0.3, -0.25) is 0 Å². The number of ether oxygens (including phenoxy) is 2. The third-order valence-corrected chi connectivity index (χ3v) is 4.54. The van der Waals surface area contributed by atoms with Gasteiger partial charge in [0, 0.05) is 5.70 Å². The normalized spacial score (nSPS) is 17.4. The zero-order chi connectivity index (χ0) is 20.1. The van der Waals surface area contributed by atoms with Crippen molar-refractivity contribution in [2.24, 2.45) is 0 Å². The van der Waals surface area contributed by atoms with Crippen LogP contribution in [0.15, 0.2) is 65.9 Å². The lowest BCUT2D eigenvalue weighted by molar-refractivity contribution is -0.144. The molecule has 0 aliphatic carbocycles. The van der Waals surface area contributed by atoms with E-state index in [0.29, 0.717) is 29.2 Å². The van der Waals surface area contributed by atoms with Gasteiger partial charge in [-0.25, -0.2) is 9.59 Å². The van der Waals surface area contributed by atoms with Crippen LogP contribution in [0.2, 0.25) is 0 Å². The minimum atomic E-state index is -0.621. The number of rotatable bonds is 6. The summed E-state index contributed by atoms with van der Waals surface area (Å²) in [7, 11) is 0. The Balaban J connectivity index is 1.91. The number of hydrogen-bond donors (Lipinski definition) is 2. The number of carbonyl (C=O) groups is 2. The standard InChI is InChI=1S/C22H24N2O4/c1-4-14(2)27-21(25)19-15(3)23-22(26)24-20(19)16-9-8-12-18(13-16)28-17-10-6-5-7-11-17/h5-14,20H,4H2,1-3H3,(H2,23,24,26)/t14-,20-/m0/s1. The van der Waals surface area contributed by atoms with Crippen molar-refractivity contribution in [1.82, 2.24) is 10.6 Å². The second-order valence-corrected chi connectivity index (χ2v) is 6.68. The van der Waals surface area contributed by atoms with Gasteiger partial charge < -0.3 is 20.1 Å². The molecular formula is C22H24N2O4. The molecule has 1 aliphatic rings. The first kappa shape index (κ1) is 19.5. The number of nitrogens with one attached hydrogen (secondary N) is 2. The van der Waals surface area contributed by atoms with E-state index in [9.17, 15) is 9.59 Å². The molecule has 1 heterocycles. The van der Waals surface area contributed by atoms with Crippen LogP contribution < -0.4 is 15.4 Å². The van der Waals surface area contributed by atoms with Gasteiger partial charge in [0.1, 0.15) is 11.5 Å². The van der Waals surface area contributed by atoms with E-state index in [1.54, 1.807) is 6.92 Å². The maximum absolute atomic E-state index is 12.7. The fraction of sp³-hybridized carbons (Fsp3) is 0.273. The van der Waals surface area contributed by atoms with Gasteiger partial charge in [-0.1, -0.05) is 37.3 Å². The molecule has 0 bridgehead atoms. The highest BCUT2D eigenvalue weighted by Crippen LogP contribution is 2.31. The van der Waals surface area contributed by atoms with E-state index in [1.165, 1.54) is 0 Å². The highest BCUT2D eigenvalue weighted by molar-refractivity contribution is 5.95. The maximum Gasteiger partial charge on any atom is 0.338 e. The molecule has 0 unspecified atom stereocenters. The number of hydrogen-bond acceptors (Lipinski definition) is 4. The van der Waals surface area contributed by atoms with Gasteiger partial charge in [0.05, 0.1) is 17.7 Å². The van der Waals surface area contributed by atoms with Crippen LogP contribution in [-0.4, -0.2) is 18.1 Å². The zero-order valence-electron chi connectivity index (χ0n) is 16.2. The van der Waals surface area contributed by atoms with Crippen molar-refractivity contribution in [3.8, 4) is 11.5 Å². The molecule has 2 aromatic carbocycles. The first-order valence-electron chi connectivity index (χ1n) is 9.30. The lowest BCUT2D eigenvalue weighted by Crippen LogP contribution is -2.45. The molecule has 1 aliphatic heterocycles. The second kappa shape index (κ2) is 8.61. The van der Waals surface area contributed by atoms with Crippen molar-refractivity contribution in [2.75, 3.05) is 0 Å². The molecule has 2 aromatic rings. The predicted molar refractivity (Wildman–Crippen MR) is 106 cm³/mol. The average molecular weight is 380 g/mol. The Morgan fingerprint density at radius 1 is 1.11 bits per heavy atom. The molecule has 0 aromatic heterocycles. The first-order chi connectivity index (χ1) is 13.5. The van der Waals surface area contributed by atoms with Crippen molar-refractivity contribution < 1.29 is 19.1 Å². The Labute approximate surface area is 164 Å². The molecule has 28 heavy (non-hydrogen) atoms. The van der Waals surface area contributed by atoms with E-state index >= 15 is 0 Å². The summed E-state index contributed by atoms with van der Waals surface area (Å²) in [4.78, 5) is 24.8. The Hall–Kier alpha value is -3.28. The van der Waals surface area contributed by atoms with Crippen molar-refractivity contribution in [1.29, 1.82) is 0 Å². The summed E-state index contributed by atoms with van der Waals surface area (Å²) in [5, 5.41) is 5.47. The minimum absolute atomic E-state index is 0.209. The number of carbonyl (C=O) groups excluding carboxylic acids is 2. The Morgan fingerprint density at radius 2 is 1.82 bits per heavy atom. The molecule has 0 saturated carbocycles. The number of urea groups is 1. The summed E-state index contributed by atoms with van der Waals surface area (Å²) in [6.07, 6.45) is 0.502. The van der Waals surface area contributed by atoms with E-state index in [2.05, 4.69) is 10.6 Å². The number of amides is 2. The fourth-order valence-electron chi connectivity index (χ4n) is 2.93. The van der Waals surface area contributed by atoms with Crippen molar-refractivity contribution in [2.45, 2.75) is 39.3 Å². The molecule has 0 spiro atoms. The van der Waals surface area contributed by atoms with Crippen LogP contribution in [0.4, 0.5) is 4.79 Å². The van der Waals surface area contributed by atoms with Crippen LogP contribution in [0.1, 0.15) is 38.8 Å². The van der Waals surface area contributed by atoms with E-state index in [1.807, 2.05) is 68.4 Å². The summed E-state index contributed by atoms with van der Waals surface area (Å²) < 4.78 is 11.4. The Bertz CT molecular complexity index is 892. The minimum Gasteiger partial charge on any atom is -0.459 e. The van der Waals surface area contributed by atoms with Crippen LogP contribution in [0.5, 0.6) is 11.5 Å². The maximum atomic E-state index is 12.7. The third kappa shape index (κ3) is 4.52. The van der Waals surface area contributed by atoms with Gasteiger partial charge in [-0.2, -0.15) is 0 Å². The quantitative estimate of drug-likeness (QED) is 0.726. The SMILES string of the molecule is CC[C@H](C)OC(=O)C1=C(C)NC(=O)N[C@H]1c1cccc(Oc2ccccc2)c1. The van der Waals surface area contributed by atoms with Gasteiger partial charge >= 0.3 is 12.0 Å². The molecule has 2 N–H and O–H groups in total. The topological polar surface area (TPSA) is 76.7 Å². The van der Waals surface area contributed by atoms with Crippen LogP contribution in [0, 0.1) is 0 Å². The molecular weight excluding hydrogens is 356 g/mol. The molecule has 146 valence electrons. The van der Waals surface area contributed by atoms with Crippen molar-refractivity contribution in [3.05, 3.63) is 71.4 Å². The molecule has 6 nitrogen and oxygen atoms in total. The highest BCUT2D eigenvalue weighted by Gasteiger charge is 2.33. The lowest BCUT2D eigenvalue weighted by Gasteiger charge is -2.29. The smallest absolute Gasteiger partial charge is 0.338 e. The van der Waals surface area contributed by atoms with Crippen LogP contribution >= 0.6 is 0 Å². The van der Waals surface area contributed by atoms with Gasteiger partial charge in [-0.05, 0) is 50.1 Å². The van der Waals surface area contributed by atoms with E-state index in [-0.39, 0.29) is 12.1 Å². The molecule has 0 radical (unpaired) electrons. The first-order valence-corrected chi connectivity index (χ1v) is 9.30. The van der Waals surface area contributed by atoms with Crippen molar-refractivity contribution >= 4 is 12.0 Å². The van der Waals surface area contributed by atoms with Gasteiger partial charge in [0.15, 0.2) is 0 Å². The van der Waals surface area contributed by atoms with Crippen LogP contribution in [0.3, 0.4) is 0 Å². The predicted octanol–water partition coefficient (Wildman–Crippen LogP) is 4.45. The molecule has 2 atom stereocenters. The van der Waals surface area contributed by atoms with Crippen LogP contribution in [-0.2, 0) is 9.53 Å². The number of para-hydroxylation sites is 1. The van der Waals surface area contributed by atoms with E-state index in [0.717, 1.165) is 5.56 Å². The van der Waals surface area contributed by atoms with Crippen LogP contribution in [0.25, 0.3) is 0 Å². The Morgan fingerprint density at radius 3 is 2.54 bits per heavy atom. The second-order valence-electron chi connectivity index (χ2n) is 6.68. The molecule has 0 fully saturated rings. The summed E-state index contributed by atoms with van der Waals surface area (Å²) >= 11 is 0.